The standard InChI is InChI=1S/C14H22N4/c1-11-9-14(17-10-16-11)18-7-4-12(5-8-18)13-3-2-6-15-13/h9-10,12-13,15H,2-8H2,1H3. The highest BCUT2D eigenvalue weighted by molar-refractivity contribution is 5.39. The Morgan fingerprint density at radius 1 is 1.22 bits per heavy atom. The van der Waals surface area contributed by atoms with Crippen molar-refractivity contribution in [2.75, 3.05) is 24.5 Å². The maximum atomic E-state index is 4.38. The van der Waals surface area contributed by atoms with Gasteiger partial charge in [0.1, 0.15) is 12.1 Å². The summed E-state index contributed by atoms with van der Waals surface area (Å²) < 4.78 is 0. The summed E-state index contributed by atoms with van der Waals surface area (Å²) in [6.07, 6.45) is 6.99. The summed E-state index contributed by atoms with van der Waals surface area (Å²) in [5.74, 6) is 1.96. The topological polar surface area (TPSA) is 41.0 Å². The van der Waals surface area contributed by atoms with E-state index in [-0.39, 0.29) is 0 Å². The van der Waals surface area contributed by atoms with Crippen LogP contribution in [0, 0.1) is 12.8 Å². The minimum Gasteiger partial charge on any atom is -0.356 e. The molecule has 4 heteroatoms. The van der Waals surface area contributed by atoms with Crippen molar-refractivity contribution in [2.24, 2.45) is 5.92 Å². The van der Waals surface area contributed by atoms with Crippen molar-refractivity contribution in [1.29, 1.82) is 0 Å². The van der Waals surface area contributed by atoms with Crippen LogP contribution in [0.15, 0.2) is 12.4 Å². The lowest BCUT2D eigenvalue weighted by molar-refractivity contribution is 0.318. The van der Waals surface area contributed by atoms with E-state index in [0.717, 1.165) is 36.6 Å². The summed E-state index contributed by atoms with van der Waals surface area (Å²) >= 11 is 0. The Hall–Kier alpha value is -1.16. The highest BCUT2D eigenvalue weighted by atomic mass is 15.2. The molecule has 1 unspecified atom stereocenters. The molecule has 1 aromatic heterocycles. The summed E-state index contributed by atoms with van der Waals surface area (Å²) in [6, 6.07) is 2.87. The van der Waals surface area contributed by atoms with Crippen molar-refractivity contribution >= 4 is 5.82 Å². The van der Waals surface area contributed by atoms with E-state index >= 15 is 0 Å². The maximum Gasteiger partial charge on any atom is 0.132 e. The van der Waals surface area contributed by atoms with E-state index < -0.39 is 0 Å². The molecule has 2 fully saturated rings. The van der Waals surface area contributed by atoms with Gasteiger partial charge in [0.15, 0.2) is 0 Å². The second-order valence-electron chi connectivity index (χ2n) is 5.54. The van der Waals surface area contributed by atoms with E-state index in [1.54, 1.807) is 6.33 Å². The van der Waals surface area contributed by atoms with Crippen molar-refractivity contribution < 1.29 is 0 Å². The zero-order valence-corrected chi connectivity index (χ0v) is 11.1. The SMILES string of the molecule is Cc1cc(N2CCC(C3CCCN3)CC2)ncn1. The highest BCUT2D eigenvalue weighted by Gasteiger charge is 2.28. The fourth-order valence-corrected chi connectivity index (χ4v) is 3.26. The molecule has 0 spiro atoms. The van der Waals surface area contributed by atoms with Crippen LogP contribution in [0.5, 0.6) is 0 Å². The van der Waals surface area contributed by atoms with Gasteiger partial charge in [0.25, 0.3) is 0 Å². The Labute approximate surface area is 109 Å². The Morgan fingerprint density at radius 2 is 2.06 bits per heavy atom. The molecular formula is C14H22N4. The molecule has 0 aliphatic carbocycles. The van der Waals surface area contributed by atoms with Crippen molar-refractivity contribution in [2.45, 2.75) is 38.6 Å². The zero-order valence-electron chi connectivity index (χ0n) is 11.1. The van der Waals surface area contributed by atoms with Gasteiger partial charge in [-0.1, -0.05) is 0 Å². The third kappa shape index (κ3) is 2.48. The first-order valence-corrected chi connectivity index (χ1v) is 7.10. The first-order valence-electron chi connectivity index (χ1n) is 7.10. The molecule has 0 saturated carbocycles. The number of nitrogens with zero attached hydrogens (tertiary/aromatic N) is 3. The second kappa shape index (κ2) is 5.22. The van der Waals surface area contributed by atoms with Crippen molar-refractivity contribution in [3.63, 3.8) is 0 Å². The number of aryl methyl sites for hydroxylation is 1. The van der Waals surface area contributed by atoms with E-state index in [4.69, 9.17) is 0 Å². The quantitative estimate of drug-likeness (QED) is 0.863. The summed E-state index contributed by atoms with van der Waals surface area (Å²) in [5.41, 5.74) is 1.06. The minimum atomic E-state index is 0.777. The number of hydrogen-bond acceptors (Lipinski definition) is 4. The number of hydrogen-bond donors (Lipinski definition) is 1. The average Bonchev–Trinajstić information content (AvgIpc) is 2.93. The second-order valence-corrected chi connectivity index (χ2v) is 5.54. The molecule has 3 rings (SSSR count). The number of aromatic nitrogens is 2. The number of nitrogens with one attached hydrogen (secondary N) is 1. The molecule has 18 heavy (non-hydrogen) atoms. The van der Waals surface area contributed by atoms with Gasteiger partial charge in [-0.15, -0.1) is 0 Å². The first-order chi connectivity index (χ1) is 8.83. The van der Waals surface area contributed by atoms with Gasteiger partial charge in [-0.2, -0.15) is 0 Å². The molecule has 1 aromatic rings. The van der Waals surface area contributed by atoms with Gasteiger partial charge < -0.3 is 10.2 Å². The van der Waals surface area contributed by atoms with Crippen LogP contribution in [0.4, 0.5) is 5.82 Å². The molecule has 0 aromatic carbocycles. The molecular weight excluding hydrogens is 224 g/mol. The molecule has 4 nitrogen and oxygen atoms in total. The molecule has 2 aliphatic heterocycles. The Morgan fingerprint density at radius 3 is 2.72 bits per heavy atom. The summed E-state index contributed by atoms with van der Waals surface area (Å²) in [6.45, 7) is 5.52. The molecule has 0 amide bonds. The fourth-order valence-electron chi connectivity index (χ4n) is 3.26. The van der Waals surface area contributed by atoms with Gasteiger partial charge in [0, 0.05) is 30.9 Å². The van der Waals surface area contributed by atoms with Crippen LogP contribution >= 0.6 is 0 Å². The molecule has 1 atom stereocenters. The van der Waals surface area contributed by atoms with Gasteiger partial charge in [-0.25, -0.2) is 9.97 Å². The number of rotatable bonds is 2. The van der Waals surface area contributed by atoms with Gasteiger partial charge in [0.05, 0.1) is 0 Å². The lowest BCUT2D eigenvalue weighted by atomic mass is 9.88. The maximum absolute atomic E-state index is 4.38. The van der Waals surface area contributed by atoms with Crippen LogP contribution in [0.3, 0.4) is 0 Å². The number of piperidine rings is 1. The Balaban J connectivity index is 1.59. The normalized spacial score (nSPS) is 25.6. The average molecular weight is 246 g/mol. The highest BCUT2D eigenvalue weighted by Crippen LogP contribution is 2.27. The van der Waals surface area contributed by atoms with Crippen molar-refractivity contribution in [3.05, 3.63) is 18.1 Å². The first kappa shape index (κ1) is 11.9. The summed E-state index contributed by atoms with van der Waals surface area (Å²) in [4.78, 5) is 11.0. The van der Waals surface area contributed by atoms with Crippen molar-refractivity contribution in [1.82, 2.24) is 15.3 Å². The van der Waals surface area contributed by atoms with E-state index in [9.17, 15) is 0 Å². The van der Waals surface area contributed by atoms with Crippen LogP contribution < -0.4 is 10.2 Å². The molecule has 0 bridgehead atoms. The monoisotopic (exact) mass is 246 g/mol. The van der Waals surface area contributed by atoms with Crippen LogP contribution in [-0.2, 0) is 0 Å². The van der Waals surface area contributed by atoms with E-state index in [2.05, 4.69) is 26.3 Å². The van der Waals surface area contributed by atoms with Gasteiger partial charge in [-0.05, 0) is 45.1 Å². The molecule has 1 N–H and O–H groups in total. The van der Waals surface area contributed by atoms with E-state index in [1.807, 2.05) is 6.92 Å². The predicted molar refractivity (Wildman–Crippen MR) is 72.7 cm³/mol. The lowest BCUT2D eigenvalue weighted by Crippen LogP contribution is -2.41. The zero-order chi connectivity index (χ0) is 12.4. The number of anilines is 1. The third-order valence-electron chi connectivity index (χ3n) is 4.32. The summed E-state index contributed by atoms with van der Waals surface area (Å²) in [5, 5.41) is 3.65. The lowest BCUT2D eigenvalue weighted by Gasteiger charge is -2.35. The molecule has 0 radical (unpaired) electrons. The molecule has 98 valence electrons. The third-order valence-corrected chi connectivity index (χ3v) is 4.32. The fraction of sp³-hybridized carbons (Fsp3) is 0.714. The van der Waals surface area contributed by atoms with Crippen LogP contribution in [-0.4, -0.2) is 35.6 Å². The Kier molecular flexibility index (Phi) is 3.46. The Bertz CT molecular complexity index is 393. The van der Waals surface area contributed by atoms with Crippen LogP contribution in [0.25, 0.3) is 0 Å². The van der Waals surface area contributed by atoms with Crippen LogP contribution in [0.2, 0.25) is 0 Å². The van der Waals surface area contributed by atoms with Gasteiger partial charge >= 0.3 is 0 Å². The van der Waals surface area contributed by atoms with Gasteiger partial charge in [-0.3, -0.25) is 0 Å². The van der Waals surface area contributed by atoms with Crippen LogP contribution in [0.1, 0.15) is 31.4 Å². The predicted octanol–water partition coefficient (Wildman–Crippen LogP) is 1.75. The molecule has 2 aliphatic rings. The minimum absolute atomic E-state index is 0.777. The van der Waals surface area contributed by atoms with Gasteiger partial charge in [0.2, 0.25) is 0 Å². The smallest absolute Gasteiger partial charge is 0.132 e. The molecule has 3 heterocycles. The summed E-state index contributed by atoms with van der Waals surface area (Å²) in [7, 11) is 0. The van der Waals surface area contributed by atoms with E-state index in [1.165, 1.54) is 32.2 Å². The van der Waals surface area contributed by atoms with Crippen molar-refractivity contribution in [3.8, 4) is 0 Å². The van der Waals surface area contributed by atoms with E-state index in [0.29, 0.717) is 0 Å². The largest absolute Gasteiger partial charge is 0.356 e. The molecule has 2 saturated heterocycles.